The van der Waals surface area contributed by atoms with E-state index in [1.165, 1.54) is 12.4 Å². The summed E-state index contributed by atoms with van der Waals surface area (Å²) in [5, 5.41) is 5.45. The molecule has 1 rings (SSSR count). The van der Waals surface area contributed by atoms with Crippen molar-refractivity contribution in [2.45, 2.75) is 32.7 Å². The summed E-state index contributed by atoms with van der Waals surface area (Å²) in [6.45, 7) is 5.97. The van der Waals surface area contributed by atoms with E-state index in [1.807, 2.05) is 20.8 Å². The van der Waals surface area contributed by atoms with E-state index >= 15 is 0 Å². The van der Waals surface area contributed by atoms with E-state index in [1.54, 1.807) is 6.07 Å². The quantitative estimate of drug-likeness (QED) is 0.745. The van der Waals surface area contributed by atoms with Gasteiger partial charge in [0.05, 0.1) is 5.56 Å². The highest BCUT2D eigenvalue weighted by Crippen LogP contribution is 2.07. The first kappa shape index (κ1) is 14.9. The Morgan fingerprint density at radius 2 is 2.05 bits per heavy atom. The molecule has 0 saturated carbocycles. The second-order valence-electron chi connectivity index (χ2n) is 5.27. The normalized spacial score (nSPS) is 10.9. The molecule has 104 valence electrons. The molecular formula is C13H20N4O2. The van der Waals surface area contributed by atoms with Crippen molar-refractivity contribution < 1.29 is 9.59 Å². The lowest BCUT2D eigenvalue weighted by Gasteiger charge is -2.20. The lowest BCUT2D eigenvalue weighted by atomic mass is 10.1. The Kier molecular flexibility index (Phi) is 4.86. The molecule has 1 aromatic heterocycles. The van der Waals surface area contributed by atoms with Crippen molar-refractivity contribution in [3.8, 4) is 0 Å². The molecule has 0 fully saturated rings. The number of nitrogen functional groups attached to an aromatic ring is 1. The average molecular weight is 264 g/mol. The largest absolute Gasteiger partial charge is 0.398 e. The van der Waals surface area contributed by atoms with Gasteiger partial charge in [-0.1, -0.05) is 0 Å². The summed E-state index contributed by atoms with van der Waals surface area (Å²) in [6.07, 6.45) is 3.14. The van der Waals surface area contributed by atoms with Gasteiger partial charge >= 0.3 is 0 Å². The second kappa shape index (κ2) is 6.17. The predicted octanol–water partition coefficient (Wildman–Crippen LogP) is 0.698. The monoisotopic (exact) mass is 264 g/mol. The molecule has 1 heterocycles. The molecule has 0 saturated heterocycles. The van der Waals surface area contributed by atoms with Crippen LogP contribution in [0.3, 0.4) is 0 Å². The van der Waals surface area contributed by atoms with Gasteiger partial charge in [-0.15, -0.1) is 0 Å². The maximum absolute atomic E-state index is 11.8. The van der Waals surface area contributed by atoms with E-state index < -0.39 is 0 Å². The molecule has 0 bridgehead atoms. The summed E-state index contributed by atoms with van der Waals surface area (Å²) in [4.78, 5) is 27.2. The number of carbonyl (C=O) groups excluding carboxylic acids is 2. The third-order valence-electron chi connectivity index (χ3n) is 2.25. The molecule has 1 aromatic rings. The minimum Gasteiger partial charge on any atom is -0.398 e. The van der Waals surface area contributed by atoms with Gasteiger partial charge in [0, 0.05) is 36.6 Å². The summed E-state index contributed by atoms with van der Waals surface area (Å²) in [6, 6.07) is 1.56. The van der Waals surface area contributed by atoms with Gasteiger partial charge in [-0.05, 0) is 26.8 Å². The first-order valence-corrected chi connectivity index (χ1v) is 6.08. The maximum Gasteiger partial charge on any atom is 0.254 e. The zero-order chi connectivity index (χ0) is 14.5. The van der Waals surface area contributed by atoms with Gasteiger partial charge < -0.3 is 16.4 Å². The number of rotatable bonds is 4. The van der Waals surface area contributed by atoms with Crippen LogP contribution in [0.15, 0.2) is 18.5 Å². The molecule has 0 aliphatic rings. The SMILES string of the molecule is CC(C)(C)NC(=O)CCNC(=O)c1cnccc1N. The van der Waals surface area contributed by atoms with E-state index in [0.717, 1.165) is 0 Å². The number of pyridine rings is 1. The highest BCUT2D eigenvalue weighted by molar-refractivity contribution is 5.98. The first-order valence-electron chi connectivity index (χ1n) is 6.08. The van der Waals surface area contributed by atoms with Gasteiger partial charge in [0.2, 0.25) is 5.91 Å². The first-order chi connectivity index (χ1) is 8.79. The molecule has 4 N–H and O–H groups in total. The van der Waals surface area contributed by atoms with Crippen molar-refractivity contribution in [2.24, 2.45) is 0 Å². The highest BCUT2D eigenvalue weighted by Gasteiger charge is 2.14. The minimum atomic E-state index is -0.325. The maximum atomic E-state index is 11.8. The van der Waals surface area contributed by atoms with Crippen LogP contribution in [0.25, 0.3) is 0 Å². The third-order valence-corrected chi connectivity index (χ3v) is 2.25. The summed E-state index contributed by atoms with van der Waals surface area (Å²) in [5.41, 5.74) is 6.07. The molecule has 0 unspecified atom stereocenters. The number of nitrogens with one attached hydrogen (secondary N) is 2. The highest BCUT2D eigenvalue weighted by atomic mass is 16.2. The van der Waals surface area contributed by atoms with Gasteiger partial charge in [-0.2, -0.15) is 0 Å². The van der Waals surface area contributed by atoms with Crippen molar-refractivity contribution in [3.05, 3.63) is 24.0 Å². The van der Waals surface area contributed by atoms with Crippen LogP contribution in [0.2, 0.25) is 0 Å². The number of anilines is 1. The summed E-state index contributed by atoms with van der Waals surface area (Å²) in [5.74, 6) is -0.430. The molecule has 0 aromatic carbocycles. The Labute approximate surface area is 112 Å². The van der Waals surface area contributed by atoms with Crippen LogP contribution < -0.4 is 16.4 Å². The molecule has 6 heteroatoms. The summed E-state index contributed by atoms with van der Waals surface area (Å²) >= 11 is 0. The van der Waals surface area contributed by atoms with Crippen LogP contribution in [0.4, 0.5) is 5.69 Å². The van der Waals surface area contributed by atoms with Gasteiger partial charge in [0.15, 0.2) is 0 Å². The fraction of sp³-hybridized carbons (Fsp3) is 0.462. The van der Waals surface area contributed by atoms with Gasteiger partial charge in [0.25, 0.3) is 5.91 Å². The molecule has 0 aliphatic carbocycles. The molecule has 19 heavy (non-hydrogen) atoms. The Balaban J connectivity index is 2.40. The number of hydrogen-bond acceptors (Lipinski definition) is 4. The fourth-order valence-corrected chi connectivity index (χ4v) is 1.46. The number of nitrogens with two attached hydrogens (primary N) is 1. The Hall–Kier alpha value is -2.11. The lowest BCUT2D eigenvalue weighted by molar-refractivity contribution is -0.122. The number of nitrogens with zero attached hydrogens (tertiary/aromatic N) is 1. The van der Waals surface area contributed by atoms with Crippen molar-refractivity contribution in [1.29, 1.82) is 0 Å². The van der Waals surface area contributed by atoms with Crippen LogP contribution in [-0.4, -0.2) is 28.9 Å². The zero-order valence-electron chi connectivity index (χ0n) is 11.5. The van der Waals surface area contributed by atoms with Crippen molar-refractivity contribution in [3.63, 3.8) is 0 Å². The lowest BCUT2D eigenvalue weighted by Crippen LogP contribution is -2.42. The van der Waals surface area contributed by atoms with Gasteiger partial charge in [-0.3, -0.25) is 14.6 Å². The number of hydrogen-bond donors (Lipinski definition) is 3. The number of aromatic nitrogens is 1. The Bertz CT molecular complexity index is 466. The fourth-order valence-electron chi connectivity index (χ4n) is 1.46. The second-order valence-corrected chi connectivity index (χ2v) is 5.27. The van der Waals surface area contributed by atoms with Crippen LogP contribution in [0.1, 0.15) is 37.6 Å². The van der Waals surface area contributed by atoms with Crippen LogP contribution >= 0.6 is 0 Å². The number of amides is 2. The topological polar surface area (TPSA) is 97.1 Å². The van der Waals surface area contributed by atoms with Crippen LogP contribution in [0, 0.1) is 0 Å². The third kappa shape index (κ3) is 5.37. The number of carbonyl (C=O) groups is 2. The summed E-state index contributed by atoms with van der Waals surface area (Å²) in [7, 11) is 0. The van der Waals surface area contributed by atoms with Crippen LogP contribution in [-0.2, 0) is 4.79 Å². The summed E-state index contributed by atoms with van der Waals surface area (Å²) < 4.78 is 0. The average Bonchev–Trinajstić information content (AvgIpc) is 2.26. The molecule has 6 nitrogen and oxygen atoms in total. The Morgan fingerprint density at radius 3 is 2.63 bits per heavy atom. The van der Waals surface area contributed by atoms with E-state index in [2.05, 4.69) is 15.6 Å². The molecular weight excluding hydrogens is 244 g/mol. The standard InChI is InChI=1S/C13H20N4O2/c1-13(2,3)17-11(18)5-7-16-12(19)9-8-15-6-4-10(9)14/h4,6,8H,5,7H2,1-3H3,(H2,14,15)(H,16,19)(H,17,18). The van der Waals surface area contributed by atoms with Crippen molar-refractivity contribution in [2.75, 3.05) is 12.3 Å². The van der Waals surface area contributed by atoms with E-state index in [-0.39, 0.29) is 30.3 Å². The molecule has 0 aliphatic heterocycles. The van der Waals surface area contributed by atoms with Crippen molar-refractivity contribution >= 4 is 17.5 Å². The molecule has 0 spiro atoms. The molecule has 0 radical (unpaired) electrons. The zero-order valence-corrected chi connectivity index (χ0v) is 11.5. The van der Waals surface area contributed by atoms with Gasteiger partial charge in [0.1, 0.15) is 0 Å². The molecule has 0 atom stereocenters. The smallest absolute Gasteiger partial charge is 0.254 e. The van der Waals surface area contributed by atoms with Crippen LogP contribution in [0.5, 0.6) is 0 Å². The van der Waals surface area contributed by atoms with Crippen molar-refractivity contribution in [1.82, 2.24) is 15.6 Å². The predicted molar refractivity (Wildman–Crippen MR) is 73.5 cm³/mol. The van der Waals surface area contributed by atoms with Gasteiger partial charge in [-0.25, -0.2) is 0 Å². The van der Waals surface area contributed by atoms with E-state index in [0.29, 0.717) is 11.3 Å². The van der Waals surface area contributed by atoms with E-state index in [9.17, 15) is 9.59 Å². The van der Waals surface area contributed by atoms with E-state index in [4.69, 9.17) is 5.73 Å². The minimum absolute atomic E-state index is 0.105. The molecule has 2 amide bonds. The Morgan fingerprint density at radius 1 is 1.37 bits per heavy atom.